The minimum atomic E-state index is -0.381. The normalized spacial score (nSPS) is 32.7. The van der Waals surface area contributed by atoms with Gasteiger partial charge in [-0.25, -0.2) is 0 Å². The maximum Gasteiger partial charge on any atom is 0.198 e. The zero-order chi connectivity index (χ0) is 16.2. The minimum absolute atomic E-state index is 0.0740. The van der Waals surface area contributed by atoms with Crippen LogP contribution in [0.3, 0.4) is 0 Å². The van der Waals surface area contributed by atoms with Gasteiger partial charge in [0.05, 0.1) is 0 Å². The van der Waals surface area contributed by atoms with Gasteiger partial charge in [-0.05, 0) is 25.7 Å². The lowest BCUT2D eigenvalue weighted by molar-refractivity contribution is -0.137. The predicted octanol–water partition coefficient (Wildman–Crippen LogP) is 3.20. The van der Waals surface area contributed by atoms with Crippen LogP contribution in [0.25, 0.3) is 0 Å². The molecule has 0 radical (unpaired) electrons. The summed E-state index contributed by atoms with van der Waals surface area (Å²) in [5, 5.41) is 0. The molecule has 0 heterocycles. The quantitative estimate of drug-likeness (QED) is 0.644. The van der Waals surface area contributed by atoms with Gasteiger partial charge < -0.3 is 0 Å². The van der Waals surface area contributed by atoms with Crippen molar-refractivity contribution in [2.75, 3.05) is 0 Å². The molecule has 0 N–H and O–H groups in total. The first-order chi connectivity index (χ1) is 10.4. The Morgan fingerprint density at radius 2 is 1.41 bits per heavy atom. The first-order valence-corrected chi connectivity index (χ1v) is 8.57. The van der Waals surface area contributed by atoms with Crippen molar-refractivity contribution < 1.29 is 19.2 Å². The summed E-state index contributed by atoms with van der Waals surface area (Å²) in [4.78, 5) is 47.3. The Morgan fingerprint density at radius 1 is 0.773 bits per heavy atom. The molecule has 122 valence electrons. The molecule has 0 aliphatic heterocycles. The molecule has 0 spiro atoms. The van der Waals surface area contributed by atoms with Crippen LogP contribution in [0.5, 0.6) is 0 Å². The van der Waals surface area contributed by atoms with Crippen LogP contribution in [0.2, 0.25) is 0 Å². The van der Waals surface area contributed by atoms with E-state index in [-0.39, 0.29) is 47.3 Å². The number of fused-ring (bicyclic) bond motifs is 1. The summed E-state index contributed by atoms with van der Waals surface area (Å²) in [5.74, 6) is -0.234. The molecule has 2 saturated carbocycles. The molecule has 0 saturated heterocycles. The van der Waals surface area contributed by atoms with Crippen LogP contribution < -0.4 is 0 Å². The number of hydrogen-bond donors (Lipinski definition) is 0. The zero-order valence-electron chi connectivity index (χ0n) is 13.5. The summed E-state index contributed by atoms with van der Waals surface area (Å²) in [6.45, 7) is 1.93. The molecule has 4 heteroatoms. The monoisotopic (exact) mass is 306 g/mol. The van der Waals surface area contributed by atoms with Crippen molar-refractivity contribution in [1.82, 2.24) is 0 Å². The van der Waals surface area contributed by atoms with E-state index in [4.69, 9.17) is 0 Å². The number of Topliss-reactive ketones (excluding diaryl/α,β-unsaturated/α-hetero) is 4. The third kappa shape index (κ3) is 4.11. The van der Waals surface area contributed by atoms with Gasteiger partial charge >= 0.3 is 0 Å². The lowest BCUT2D eigenvalue weighted by Crippen LogP contribution is -2.16. The zero-order valence-corrected chi connectivity index (χ0v) is 13.5. The SMILES string of the molecule is CC12CCC(=O)C(=O)CCCC(=O)CCCCCCC1C2=O. The molecular formula is C18H26O4. The Bertz CT molecular complexity index is 479. The highest BCUT2D eigenvalue weighted by Crippen LogP contribution is 2.53. The average molecular weight is 306 g/mol. The molecule has 2 aliphatic rings. The third-order valence-electron chi connectivity index (χ3n) is 5.31. The number of ketones is 4. The Kier molecular flexibility index (Phi) is 5.65. The highest BCUT2D eigenvalue weighted by Gasteiger charge is 2.59. The van der Waals surface area contributed by atoms with E-state index in [1.54, 1.807) is 0 Å². The van der Waals surface area contributed by atoms with Crippen LogP contribution in [0, 0.1) is 11.3 Å². The van der Waals surface area contributed by atoms with E-state index in [0.717, 1.165) is 32.1 Å². The summed E-state index contributed by atoms with van der Waals surface area (Å²) in [5.41, 5.74) is -0.372. The molecular weight excluding hydrogens is 280 g/mol. The molecule has 0 aromatic carbocycles. The van der Waals surface area contributed by atoms with Crippen molar-refractivity contribution in [2.45, 2.75) is 77.6 Å². The van der Waals surface area contributed by atoms with E-state index in [1.807, 2.05) is 6.92 Å². The third-order valence-corrected chi connectivity index (χ3v) is 5.31. The van der Waals surface area contributed by atoms with Crippen LogP contribution in [0.1, 0.15) is 77.6 Å². The number of carbonyl (C=O) groups is 4. The van der Waals surface area contributed by atoms with E-state index in [0.29, 0.717) is 25.7 Å². The molecule has 0 bridgehead atoms. The lowest BCUT2D eigenvalue weighted by atomic mass is 9.93. The first kappa shape index (κ1) is 17.0. The highest BCUT2D eigenvalue weighted by molar-refractivity contribution is 6.37. The Hall–Kier alpha value is -1.32. The van der Waals surface area contributed by atoms with Crippen LogP contribution in [-0.4, -0.2) is 23.1 Å². The number of carbonyl (C=O) groups excluding carboxylic acids is 4. The Balaban J connectivity index is 1.92. The van der Waals surface area contributed by atoms with Crippen molar-refractivity contribution in [3.05, 3.63) is 0 Å². The second-order valence-electron chi connectivity index (χ2n) is 7.03. The van der Waals surface area contributed by atoms with Gasteiger partial charge in [-0.3, -0.25) is 19.2 Å². The molecule has 2 atom stereocenters. The van der Waals surface area contributed by atoms with Crippen LogP contribution >= 0.6 is 0 Å². The van der Waals surface area contributed by atoms with Gasteiger partial charge in [0.25, 0.3) is 0 Å². The highest BCUT2D eigenvalue weighted by atomic mass is 16.2. The topological polar surface area (TPSA) is 68.3 Å². The van der Waals surface area contributed by atoms with Crippen molar-refractivity contribution in [1.29, 1.82) is 0 Å². The summed E-state index contributed by atoms with van der Waals surface area (Å²) in [6, 6.07) is 0. The smallest absolute Gasteiger partial charge is 0.198 e. The second-order valence-corrected chi connectivity index (χ2v) is 7.03. The van der Waals surface area contributed by atoms with Gasteiger partial charge in [0.1, 0.15) is 11.6 Å². The lowest BCUT2D eigenvalue weighted by Gasteiger charge is -2.09. The van der Waals surface area contributed by atoms with Gasteiger partial charge in [0.2, 0.25) is 0 Å². The van der Waals surface area contributed by atoms with E-state index in [9.17, 15) is 19.2 Å². The minimum Gasteiger partial charge on any atom is -0.300 e. The number of rotatable bonds is 0. The van der Waals surface area contributed by atoms with Crippen LogP contribution in [0.4, 0.5) is 0 Å². The molecule has 4 nitrogen and oxygen atoms in total. The fraction of sp³-hybridized carbons (Fsp3) is 0.778. The molecule has 2 aliphatic carbocycles. The van der Waals surface area contributed by atoms with Gasteiger partial charge in [-0.1, -0.05) is 26.2 Å². The fourth-order valence-corrected chi connectivity index (χ4v) is 3.52. The maximum absolute atomic E-state index is 12.0. The number of hydrogen-bond acceptors (Lipinski definition) is 4. The molecule has 0 aromatic rings. The summed E-state index contributed by atoms with van der Waals surface area (Å²) < 4.78 is 0. The molecule has 0 amide bonds. The fourth-order valence-electron chi connectivity index (χ4n) is 3.52. The Labute approximate surface area is 132 Å². The predicted molar refractivity (Wildman–Crippen MR) is 82.4 cm³/mol. The molecule has 22 heavy (non-hydrogen) atoms. The summed E-state index contributed by atoms with van der Waals surface area (Å²) >= 11 is 0. The molecule has 2 unspecified atom stereocenters. The van der Waals surface area contributed by atoms with E-state index < -0.39 is 0 Å². The summed E-state index contributed by atoms with van der Waals surface area (Å²) in [7, 11) is 0. The van der Waals surface area contributed by atoms with Crippen molar-refractivity contribution >= 4 is 23.1 Å². The Morgan fingerprint density at radius 3 is 2.18 bits per heavy atom. The van der Waals surface area contributed by atoms with E-state index in [2.05, 4.69) is 0 Å². The van der Waals surface area contributed by atoms with Crippen molar-refractivity contribution in [3.63, 3.8) is 0 Å². The molecule has 2 fully saturated rings. The first-order valence-electron chi connectivity index (χ1n) is 8.57. The van der Waals surface area contributed by atoms with Crippen LogP contribution in [-0.2, 0) is 19.2 Å². The van der Waals surface area contributed by atoms with Crippen molar-refractivity contribution in [2.24, 2.45) is 11.3 Å². The maximum atomic E-state index is 12.0. The second kappa shape index (κ2) is 7.30. The van der Waals surface area contributed by atoms with Gasteiger partial charge in [0, 0.05) is 37.0 Å². The standard InChI is InChI=1S/C18H26O4/c1-18-12-11-16(21)15(20)10-6-8-13(19)7-4-2-3-5-9-14(18)17(18)22/h14H,2-12H2,1H3. The van der Waals surface area contributed by atoms with E-state index in [1.165, 1.54) is 0 Å². The molecule has 0 aromatic heterocycles. The molecule has 2 rings (SSSR count). The van der Waals surface area contributed by atoms with Gasteiger partial charge in [-0.2, -0.15) is 0 Å². The summed E-state index contributed by atoms with van der Waals surface area (Å²) in [6.07, 6.45) is 7.15. The van der Waals surface area contributed by atoms with Gasteiger partial charge in [-0.15, -0.1) is 0 Å². The van der Waals surface area contributed by atoms with Crippen LogP contribution in [0.15, 0.2) is 0 Å². The van der Waals surface area contributed by atoms with E-state index >= 15 is 0 Å². The average Bonchev–Trinajstić information content (AvgIpc) is 3.00. The van der Waals surface area contributed by atoms with Gasteiger partial charge in [0.15, 0.2) is 11.6 Å². The largest absolute Gasteiger partial charge is 0.300 e. The van der Waals surface area contributed by atoms with Crippen molar-refractivity contribution in [3.8, 4) is 0 Å².